The second-order valence-electron chi connectivity index (χ2n) is 9.82. The Labute approximate surface area is 223 Å². The first-order valence-corrected chi connectivity index (χ1v) is 12.9. The van der Waals surface area contributed by atoms with Crippen LogP contribution in [0.2, 0.25) is 0 Å². The van der Waals surface area contributed by atoms with Gasteiger partial charge in [-0.3, -0.25) is 19.5 Å². The molecule has 1 aromatic heterocycles. The van der Waals surface area contributed by atoms with Gasteiger partial charge in [0.05, 0.1) is 43.0 Å². The molecule has 6 N–H and O–H groups in total. The van der Waals surface area contributed by atoms with Crippen molar-refractivity contribution in [3.63, 3.8) is 0 Å². The number of guanidine groups is 1. The van der Waals surface area contributed by atoms with E-state index in [0.29, 0.717) is 28.6 Å². The zero-order valence-corrected chi connectivity index (χ0v) is 21.2. The van der Waals surface area contributed by atoms with Crippen LogP contribution in [0.25, 0.3) is 10.9 Å². The van der Waals surface area contributed by atoms with Crippen molar-refractivity contribution in [1.29, 1.82) is 0 Å². The molecule has 2 unspecified atom stereocenters. The fraction of sp³-hybridized carbons (Fsp3) is 0.370. The summed E-state index contributed by atoms with van der Waals surface area (Å²) in [5.74, 6) is -0.865. The monoisotopic (exact) mass is 535 g/mol. The summed E-state index contributed by atoms with van der Waals surface area (Å²) >= 11 is 0. The van der Waals surface area contributed by atoms with Gasteiger partial charge in [0.25, 0.3) is 5.91 Å². The highest BCUT2D eigenvalue weighted by Crippen LogP contribution is 2.40. The van der Waals surface area contributed by atoms with Gasteiger partial charge in [-0.1, -0.05) is 24.3 Å². The highest BCUT2D eigenvalue weighted by atomic mass is 19.1. The van der Waals surface area contributed by atoms with Gasteiger partial charge in [0, 0.05) is 23.9 Å². The molecule has 0 saturated heterocycles. The number of carboxylic acids is 1. The van der Waals surface area contributed by atoms with Crippen LogP contribution in [0, 0.1) is 0 Å². The van der Waals surface area contributed by atoms with Crippen LogP contribution < -0.4 is 21.3 Å². The van der Waals surface area contributed by atoms with Crippen LogP contribution in [-0.4, -0.2) is 64.9 Å². The van der Waals surface area contributed by atoms with Gasteiger partial charge in [0.2, 0.25) is 5.91 Å². The molecule has 1 aliphatic heterocycles. The van der Waals surface area contributed by atoms with Crippen LogP contribution in [0.5, 0.6) is 0 Å². The average Bonchev–Trinajstić information content (AvgIpc) is 3.66. The number of halogens is 1. The van der Waals surface area contributed by atoms with Crippen LogP contribution >= 0.6 is 0 Å². The average molecular weight is 536 g/mol. The Morgan fingerprint density at radius 2 is 2.03 bits per heavy atom. The minimum atomic E-state index is -1.05. The Hall–Kier alpha value is -4.48. The molecule has 0 bridgehead atoms. The van der Waals surface area contributed by atoms with E-state index in [9.17, 15) is 23.9 Å². The summed E-state index contributed by atoms with van der Waals surface area (Å²) in [7, 11) is 0. The van der Waals surface area contributed by atoms with E-state index in [2.05, 4.69) is 36.5 Å². The number of alkyl halides is 1. The SMILES string of the molecule is O=C(O)CC(NC(=O)CCNC(=O)c1cc(NC2=NCC(F)CN2)c2cn[nH]c2c1)c1cccc(C2CC2)c1. The third kappa shape index (κ3) is 6.70. The number of aliphatic carboxylic acids is 1. The number of aromatic nitrogens is 2. The van der Waals surface area contributed by atoms with Crippen LogP contribution in [0.4, 0.5) is 10.1 Å². The van der Waals surface area contributed by atoms with E-state index in [0.717, 1.165) is 29.4 Å². The van der Waals surface area contributed by atoms with Gasteiger partial charge in [0.15, 0.2) is 5.96 Å². The van der Waals surface area contributed by atoms with E-state index >= 15 is 0 Å². The Morgan fingerprint density at radius 3 is 2.77 bits per heavy atom. The molecule has 0 spiro atoms. The number of hydrogen-bond acceptors (Lipinski definition) is 7. The normalized spacial score (nSPS) is 17.6. The molecular formula is C27H30FN7O4. The van der Waals surface area contributed by atoms with Gasteiger partial charge < -0.3 is 26.4 Å². The van der Waals surface area contributed by atoms with E-state index in [1.807, 2.05) is 24.3 Å². The number of fused-ring (bicyclic) bond motifs is 1. The number of nitrogens with one attached hydrogen (secondary N) is 5. The number of amides is 2. The van der Waals surface area contributed by atoms with Gasteiger partial charge in [-0.2, -0.15) is 5.10 Å². The summed E-state index contributed by atoms with van der Waals surface area (Å²) in [5, 5.41) is 28.5. The molecule has 11 nitrogen and oxygen atoms in total. The first-order valence-electron chi connectivity index (χ1n) is 12.9. The van der Waals surface area contributed by atoms with Gasteiger partial charge in [-0.15, -0.1) is 0 Å². The minimum Gasteiger partial charge on any atom is -0.481 e. The third-order valence-electron chi connectivity index (χ3n) is 6.73. The summed E-state index contributed by atoms with van der Waals surface area (Å²) < 4.78 is 13.4. The number of carboxylic acid groups (broad SMARTS) is 1. The summed E-state index contributed by atoms with van der Waals surface area (Å²) in [6.07, 6.45) is 2.54. The topological polar surface area (TPSA) is 161 Å². The molecule has 12 heteroatoms. The highest BCUT2D eigenvalue weighted by molar-refractivity contribution is 6.07. The molecule has 3 aromatic rings. The fourth-order valence-electron chi connectivity index (χ4n) is 4.55. The first-order chi connectivity index (χ1) is 18.9. The van der Waals surface area contributed by atoms with Crippen LogP contribution in [0.1, 0.15) is 59.1 Å². The number of aromatic amines is 1. The van der Waals surface area contributed by atoms with Crippen molar-refractivity contribution in [2.45, 2.75) is 43.8 Å². The maximum Gasteiger partial charge on any atom is 0.305 e. The fourth-order valence-corrected chi connectivity index (χ4v) is 4.55. The molecule has 5 rings (SSSR count). The molecule has 2 aromatic carbocycles. The Bertz CT molecular complexity index is 1420. The molecule has 204 valence electrons. The zero-order valence-electron chi connectivity index (χ0n) is 21.2. The van der Waals surface area contributed by atoms with E-state index in [-0.39, 0.29) is 38.4 Å². The maximum absolute atomic E-state index is 13.4. The largest absolute Gasteiger partial charge is 0.481 e. The van der Waals surface area contributed by atoms with E-state index in [1.54, 1.807) is 18.3 Å². The molecule has 0 radical (unpaired) electrons. The maximum atomic E-state index is 13.4. The lowest BCUT2D eigenvalue weighted by Crippen LogP contribution is -2.41. The number of nitrogens with zero attached hydrogens (tertiary/aromatic N) is 2. The van der Waals surface area contributed by atoms with Crippen molar-refractivity contribution in [3.8, 4) is 0 Å². The van der Waals surface area contributed by atoms with Crippen molar-refractivity contribution in [2.75, 3.05) is 25.0 Å². The molecule has 2 heterocycles. The molecule has 1 aliphatic carbocycles. The molecular weight excluding hydrogens is 505 g/mol. The Balaban J connectivity index is 1.19. The third-order valence-corrected chi connectivity index (χ3v) is 6.73. The second kappa shape index (κ2) is 11.5. The predicted octanol–water partition coefficient (Wildman–Crippen LogP) is 2.60. The number of aliphatic imine (C=N–C) groups is 1. The molecule has 2 atom stereocenters. The van der Waals surface area contributed by atoms with E-state index in [4.69, 9.17) is 0 Å². The van der Waals surface area contributed by atoms with Gasteiger partial charge in [-0.25, -0.2) is 9.38 Å². The highest BCUT2D eigenvalue weighted by Gasteiger charge is 2.25. The van der Waals surface area contributed by atoms with Crippen LogP contribution in [-0.2, 0) is 9.59 Å². The van der Waals surface area contributed by atoms with Crippen LogP contribution in [0.3, 0.4) is 0 Å². The van der Waals surface area contributed by atoms with E-state index < -0.39 is 24.1 Å². The number of hydrogen-bond donors (Lipinski definition) is 6. The molecule has 2 amide bonds. The lowest BCUT2D eigenvalue weighted by molar-refractivity contribution is -0.137. The van der Waals surface area contributed by atoms with Crippen molar-refractivity contribution in [1.82, 2.24) is 26.1 Å². The second-order valence-corrected chi connectivity index (χ2v) is 9.82. The smallest absolute Gasteiger partial charge is 0.305 e. The van der Waals surface area contributed by atoms with Crippen molar-refractivity contribution in [2.24, 2.45) is 4.99 Å². The number of benzene rings is 2. The summed E-state index contributed by atoms with van der Waals surface area (Å²) in [4.78, 5) is 41.1. The summed E-state index contributed by atoms with van der Waals surface area (Å²) in [6, 6.07) is 10.3. The van der Waals surface area contributed by atoms with Gasteiger partial charge in [-0.05, 0) is 42.0 Å². The number of anilines is 1. The Kier molecular flexibility index (Phi) is 7.71. The number of H-pyrrole nitrogens is 1. The minimum absolute atomic E-state index is 0.0211. The predicted molar refractivity (Wildman–Crippen MR) is 143 cm³/mol. The lowest BCUT2D eigenvalue weighted by atomic mass is 9.99. The van der Waals surface area contributed by atoms with Gasteiger partial charge >= 0.3 is 5.97 Å². The number of carbonyl (C=O) groups excluding carboxylic acids is 2. The van der Waals surface area contributed by atoms with Crippen molar-refractivity contribution in [3.05, 3.63) is 59.3 Å². The lowest BCUT2D eigenvalue weighted by Gasteiger charge is -2.19. The van der Waals surface area contributed by atoms with Gasteiger partial charge in [0.1, 0.15) is 6.17 Å². The van der Waals surface area contributed by atoms with E-state index in [1.165, 1.54) is 0 Å². The zero-order chi connectivity index (χ0) is 27.4. The van der Waals surface area contributed by atoms with Crippen LogP contribution in [0.15, 0.2) is 47.6 Å². The van der Waals surface area contributed by atoms with Crippen molar-refractivity contribution < 1.29 is 23.9 Å². The van der Waals surface area contributed by atoms with Crippen molar-refractivity contribution >= 4 is 40.3 Å². The molecule has 39 heavy (non-hydrogen) atoms. The molecule has 2 aliphatic rings. The Morgan fingerprint density at radius 1 is 1.18 bits per heavy atom. The quantitative estimate of drug-likeness (QED) is 0.233. The molecule has 1 saturated carbocycles. The molecule has 1 fully saturated rings. The summed E-state index contributed by atoms with van der Waals surface area (Å²) in [6.45, 7) is 0.246. The first kappa shape index (κ1) is 26.1. The summed E-state index contributed by atoms with van der Waals surface area (Å²) in [5.41, 5.74) is 3.43. The standard InChI is InChI=1S/C27H30FN7O4/c28-19-12-30-27(31-13-19)34-22-9-18(10-23-20(22)14-32-35-23)26(39)29-7-6-24(36)33-21(11-25(37)38)17-3-1-2-16(8-17)15-4-5-15/h1-3,8-10,14-15,19,21H,4-7,11-13H2,(H,29,39)(H,32,35)(H,33,36)(H,37,38)(H2,30,31,34). The number of rotatable bonds is 10. The number of carbonyl (C=O) groups is 3.